The number of aliphatic hydroxyl groups is 1. The van der Waals surface area contributed by atoms with E-state index in [2.05, 4.69) is 0 Å². The molecule has 0 saturated heterocycles. The van der Waals surface area contributed by atoms with Crippen molar-refractivity contribution in [3.8, 4) is 0 Å². The zero-order chi connectivity index (χ0) is 12.9. The molecule has 0 aliphatic carbocycles. The molecule has 0 aliphatic rings. The van der Waals surface area contributed by atoms with E-state index in [-0.39, 0.29) is 11.5 Å². The highest BCUT2D eigenvalue weighted by molar-refractivity contribution is 7.99. The maximum atomic E-state index is 12.2. The highest BCUT2D eigenvalue weighted by Gasteiger charge is 2.26. The van der Waals surface area contributed by atoms with E-state index >= 15 is 0 Å². The fourth-order valence-electron chi connectivity index (χ4n) is 1.08. The van der Waals surface area contributed by atoms with Crippen LogP contribution in [0.3, 0.4) is 0 Å². The largest absolute Gasteiger partial charge is 0.396 e. The second-order valence-corrected chi connectivity index (χ2v) is 6.29. The van der Waals surface area contributed by atoms with Crippen molar-refractivity contribution in [2.75, 3.05) is 12.4 Å². The van der Waals surface area contributed by atoms with Gasteiger partial charge in [0.15, 0.2) is 0 Å². The quantitative estimate of drug-likeness (QED) is 0.641. The van der Waals surface area contributed by atoms with Gasteiger partial charge >= 0.3 is 5.76 Å². The molecule has 1 N–H and O–H groups in total. The lowest BCUT2D eigenvalue weighted by Gasteiger charge is -2.04. The SMILES string of the molecule is O=S(=O)(c1ccc(SCCCO)cc1)C(F)F. The molecular formula is C10H12F2O3S2. The Morgan fingerprint density at radius 2 is 1.82 bits per heavy atom. The minimum absolute atomic E-state index is 0.0881. The number of hydrogen-bond acceptors (Lipinski definition) is 4. The predicted octanol–water partition coefficient (Wildman–Crippen LogP) is 2.16. The molecule has 3 nitrogen and oxygen atoms in total. The summed E-state index contributed by atoms with van der Waals surface area (Å²) in [6.07, 6.45) is 0.627. The molecule has 0 aromatic heterocycles. The molecular weight excluding hydrogens is 270 g/mol. The minimum Gasteiger partial charge on any atom is -0.396 e. The number of alkyl halides is 2. The Morgan fingerprint density at radius 1 is 1.24 bits per heavy atom. The van der Waals surface area contributed by atoms with Crippen molar-refractivity contribution < 1.29 is 22.3 Å². The molecule has 0 amide bonds. The summed E-state index contributed by atoms with van der Waals surface area (Å²) in [5.41, 5.74) is 0. The van der Waals surface area contributed by atoms with Crippen LogP contribution in [0.1, 0.15) is 6.42 Å². The zero-order valence-corrected chi connectivity index (χ0v) is 10.5. The van der Waals surface area contributed by atoms with Crippen molar-refractivity contribution in [2.45, 2.75) is 22.0 Å². The number of hydrogen-bond donors (Lipinski definition) is 1. The van der Waals surface area contributed by atoms with Gasteiger partial charge < -0.3 is 5.11 Å². The summed E-state index contributed by atoms with van der Waals surface area (Å²) in [6.45, 7) is 0.0881. The van der Waals surface area contributed by atoms with Gasteiger partial charge in [-0.3, -0.25) is 0 Å². The minimum atomic E-state index is -4.50. The number of rotatable bonds is 6. The molecule has 0 atom stereocenters. The van der Waals surface area contributed by atoms with Crippen molar-refractivity contribution in [1.29, 1.82) is 0 Å². The van der Waals surface area contributed by atoms with Crippen molar-refractivity contribution in [3.63, 3.8) is 0 Å². The molecule has 0 unspecified atom stereocenters. The van der Waals surface area contributed by atoms with E-state index in [4.69, 9.17) is 5.11 Å². The van der Waals surface area contributed by atoms with Gasteiger partial charge in [0, 0.05) is 17.3 Å². The molecule has 0 saturated carbocycles. The van der Waals surface area contributed by atoms with Gasteiger partial charge in [0.25, 0.3) is 0 Å². The van der Waals surface area contributed by atoms with Gasteiger partial charge in [-0.2, -0.15) is 8.78 Å². The second kappa shape index (κ2) is 6.32. The number of aliphatic hydroxyl groups excluding tert-OH is 1. The molecule has 7 heteroatoms. The van der Waals surface area contributed by atoms with Crippen LogP contribution in [-0.2, 0) is 9.84 Å². The first-order valence-corrected chi connectivity index (χ1v) is 7.37. The molecule has 0 bridgehead atoms. The van der Waals surface area contributed by atoms with Gasteiger partial charge in [-0.15, -0.1) is 11.8 Å². The Labute approximate surface area is 103 Å². The van der Waals surface area contributed by atoms with Crippen LogP contribution in [0.15, 0.2) is 34.1 Å². The summed E-state index contributed by atoms with van der Waals surface area (Å²) >= 11 is 1.43. The molecule has 0 aliphatic heterocycles. The second-order valence-electron chi connectivity index (χ2n) is 3.20. The first-order valence-electron chi connectivity index (χ1n) is 4.84. The fourth-order valence-corrected chi connectivity index (χ4v) is 2.64. The Bertz CT molecular complexity index is 443. The summed E-state index contributed by atoms with van der Waals surface area (Å²) in [4.78, 5) is 0.408. The van der Waals surface area contributed by atoms with Crippen LogP contribution in [0.4, 0.5) is 8.78 Å². The lowest BCUT2D eigenvalue weighted by molar-refractivity contribution is 0.234. The first-order chi connectivity index (χ1) is 7.98. The van der Waals surface area contributed by atoms with Gasteiger partial charge in [-0.05, 0) is 30.7 Å². The predicted molar refractivity (Wildman–Crippen MR) is 62.1 cm³/mol. The average molecular weight is 282 g/mol. The topological polar surface area (TPSA) is 54.4 Å². The normalized spacial score (nSPS) is 12.0. The molecule has 0 heterocycles. The smallest absolute Gasteiger partial charge is 0.341 e. The van der Waals surface area contributed by atoms with Crippen LogP contribution in [-0.4, -0.2) is 31.6 Å². The van der Waals surface area contributed by atoms with Gasteiger partial charge in [0.05, 0.1) is 4.90 Å². The Morgan fingerprint density at radius 3 is 2.29 bits per heavy atom. The van der Waals surface area contributed by atoms with E-state index in [9.17, 15) is 17.2 Å². The van der Waals surface area contributed by atoms with E-state index in [1.165, 1.54) is 36.0 Å². The van der Waals surface area contributed by atoms with Crippen LogP contribution in [0, 0.1) is 0 Å². The van der Waals surface area contributed by atoms with E-state index in [0.29, 0.717) is 12.2 Å². The molecule has 1 aromatic carbocycles. The van der Waals surface area contributed by atoms with E-state index < -0.39 is 15.6 Å². The molecule has 1 rings (SSSR count). The zero-order valence-electron chi connectivity index (χ0n) is 8.84. The van der Waals surface area contributed by atoms with Crippen LogP contribution in [0.25, 0.3) is 0 Å². The van der Waals surface area contributed by atoms with Gasteiger partial charge in [0.1, 0.15) is 0 Å². The van der Waals surface area contributed by atoms with Crippen LogP contribution < -0.4 is 0 Å². The first kappa shape index (κ1) is 14.4. The van der Waals surface area contributed by atoms with Crippen molar-refractivity contribution >= 4 is 21.6 Å². The van der Waals surface area contributed by atoms with Crippen molar-refractivity contribution in [1.82, 2.24) is 0 Å². The van der Waals surface area contributed by atoms with Gasteiger partial charge in [0.2, 0.25) is 9.84 Å². The van der Waals surface area contributed by atoms with Crippen LogP contribution in [0.5, 0.6) is 0 Å². The molecule has 1 aromatic rings. The highest BCUT2D eigenvalue weighted by Crippen LogP contribution is 2.23. The molecule has 0 spiro atoms. The third kappa shape index (κ3) is 3.93. The number of thioether (sulfide) groups is 1. The Kier molecular flexibility index (Phi) is 5.35. The molecule has 17 heavy (non-hydrogen) atoms. The summed E-state index contributed by atoms with van der Waals surface area (Å²) in [7, 11) is -4.50. The molecule has 0 fully saturated rings. The van der Waals surface area contributed by atoms with E-state index in [0.717, 1.165) is 4.90 Å². The summed E-state index contributed by atoms with van der Waals surface area (Å²) in [6, 6.07) is 5.31. The maximum absolute atomic E-state index is 12.2. The standard InChI is InChI=1S/C10H12F2O3S2/c11-10(12)17(14,15)9-4-2-8(3-5-9)16-7-1-6-13/h2-5,10,13H,1,6-7H2. The van der Waals surface area contributed by atoms with Crippen LogP contribution in [0.2, 0.25) is 0 Å². The maximum Gasteiger partial charge on any atom is 0.341 e. The van der Waals surface area contributed by atoms with Crippen LogP contribution >= 0.6 is 11.8 Å². The van der Waals surface area contributed by atoms with Crippen molar-refractivity contribution in [3.05, 3.63) is 24.3 Å². The lowest BCUT2D eigenvalue weighted by Crippen LogP contribution is -2.11. The third-order valence-electron chi connectivity index (χ3n) is 1.96. The summed E-state index contributed by atoms with van der Waals surface area (Å²) < 4.78 is 46.7. The van der Waals surface area contributed by atoms with Gasteiger partial charge in [-0.1, -0.05) is 0 Å². The van der Waals surface area contributed by atoms with E-state index in [1.54, 1.807) is 0 Å². The Hall–Kier alpha value is -0.660. The number of sulfone groups is 1. The Balaban J connectivity index is 2.75. The monoisotopic (exact) mass is 282 g/mol. The third-order valence-corrected chi connectivity index (χ3v) is 4.45. The lowest BCUT2D eigenvalue weighted by atomic mass is 10.4. The molecule has 0 radical (unpaired) electrons. The van der Waals surface area contributed by atoms with Gasteiger partial charge in [-0.25, -0.2) is 8.42 Å². The number of benzene rings is 1. The average Bonchev–Trinajstić information content (AvgIpc) is 2.30. The molecule has 96 valence electrons. The summed E-state index contributed by atoms with van der Waals surface area (Å²) in [5, 5.41) is 8.58. The number of halogens is 2. The van der Waals surface area contributed by atoms with E-state index in [1.807, 2.05) is 0 Å². The fraction of sp³-hybridized carbons (Fsp3) is 0.400. The van der Waals surface area contributed by atoms with Crippen molar-refractivity contribution in [2.24, 2.45) is 0 Å². The summed E-state index contributed by atoms with van der Waals surface area (Å²) in [5.74, 6) is -2.70. The highest BCUT2D eigenvalue weighted by atomic mass is 32.2.